The number of hydrogen-bond donors (Lipinski definition) is 4. The summed E-state index contributed by atoms with van der Waals surface area (Å²) in [5.74, 6) is 1.08. The van der Waals surface area contributed by atoms with Crippen LogP contribution in [0.3, 0.4) is 0 Å². The Labute approximate surface area is 185 Å². The number of aromatic amines is 1. The summed E-state index contributed by atoms with van der Waals surface area (Å²) in [7, 11) is 0. The fourth-order valence-corrected chi connectivity index (χ4v) is 3.45. The van der Waals surface area contributed by atoms with Crippen LogP contribution in [0.1, 0.15) is 31.4 Å². The molecule has 0 saturated carbocycles. The SMILES string of the molecule is CC(Nc1ncnc2[nH]c(-c3ccc(OCCCC(=O)NO)cc3)cc12)c1ccccc1. The molecule has 1 atom stereocenters. The molecule has 8 heteroatoms. The molecule has 0 aliphatic rings. The first-order chi connectivity index (χ1) is 15.6. The molecular weight excluding hydrogens is 406 g/mol. The first-order valence-corrected chi connectivity index (χ1v) is 10.5. The molecule has 164 valence electrons. The minimum atomic E-state index is -0.419. The summed E-state index contributed by atoms with van der Waals surface area (Å²) >= 11 is 0. The molecule has 2 aromatic heterocycles. The lowest BCUT2D eigenvalue weighted by Crippen LogP contribution is -2.18. The van der Waals surface area contributed by atoms with Crippen molar-refractivity contribution in [1.82, 2.24) is 20.4 Å². The van der Waals surface area contributed by atoms with Crippen LogP contribution < -0.4 is 15.5 Å². The number of ether oxygens (including phenoxy) is 1. The highest BCUT2D eigenvalue weighted by molar-refractivity contribution is 5.91. The van der Waals surface area contributed by atoms with Crippen LogP contribution >= 0.6 is 0 Å². The Bertz CT molecular complexity index is 1180. The second-order valence-corrected chi connectivity index (χ2v) is 7.46. The number of nitrogens with zero attached hydrogens (tertiary/aromatic N) is 2. The molecule has 0 saturated heterocycles. The number of hydrogen-bond acceptors (Lipinski definition) is 6. The Balaban J connectivity index is 1.46. The average molecular weight is 431 g/mol. The predicted octanol–water partition coefficient (Wildman–Crippen LogP) is 4.46. The first-order valence-electron chi connectivity index (χ1n) is 10.5. The molecule has 0 spiro atoms. The number of carbonyl (C=O) groups excluding carboxylic acids is 1. The maximum atomic E-state index is 11.0. The van der Waals surface area contributed by atoms with Gasteiger partial charge in [0.1, 0.15) is 23.5 Å². The molecule has 0 aliphatic heterocycles. The number of hydroxylamine groups is 1. The van der Waals surface area contributed by atoms with E-state index in [4.69, 9.17) is 9.94 Å². The van der Waals surface area contributed by atoms with Gasteiger partial charge in [0.15, 0.2) is 0 Å². The number of anilines is 1. The van der Waals surface area contributed by atoms with Gasteiger partial charge >= 0.3 is 0 Å². The van der Waals surface area contributed by atoms with E-state index < -0.39 is 5.91 Å². The Hall–Kier alpha value is -3.91. The van der Waals surface area contributed by atoms with Crippen LogP contribution in [0.25, 0.3) is 22.3 Å². The number of carbonyl (C=O) groups is 1. The molecule has 4 aromatic rings. The number of H-pyrrole nitrogens is 1. The van der Waals surface area contributed by atoms with E-state index in [2.05, 4.69) is 39.3 Å². The number of amides is 1. The molecule has 8 nitrogen and oxygen atoms in total. The highest BCUT2D eigenvalue weighted by Gasteiger charge is 2.12. The fourth-order valence-electron chi connectivity index (χ4n) is 3.45. The van der Waals surface area contributed by atoms with E-state index in [0.29, 0.717) is 18.8 Å². The van der Waals surface area contributed by atoms with Gasteiger partial charge in [-0.25, -0.2) is 15.4 Å². The second-order valence-electron chi connectivity index (χ2n) is 7.46. The van der Waals surface area contributed by atoms with Crippen molar-refractivity contribution in [1.29, 1.82) is 0 Å². The van der Waals surface area contributed by atoms with Crippen LogP contribution in [0.15, 0.2) is 67.0 Å². The highest BCUT2D eigenvalue weighted by atomic mass is 16.5. The Morgan fingerprint density at radius 2 is 1.91 bits per heavy atom. The normalized spacial score (nSPS) is 11.8. The zero-order chi connectivity index (χ0) is 22.3. The molecule has 1 unspecified atom stereocenters. The average Bonchev–Trinajstić information content (AvgIpc) is 3.28. The van der Waals surface area contributed by atoms with E-state index in [1.54, 1.807) is 11.8 Å². The second kappa shape index (κ2) is 9.93. The van der Waals surface area contributed by atoms with Gasteiger partial charge in [-0.1, -0.05) is 30.3 Å². The van der Waals surface area contributed by atoms with Gasteiger partial charge in [0.2, 0.25) is 5.91 Å². The van der Waals surface area contributed by atoms with Crippen LogP contribution in [-0.2, 0) is 4.79 Å². The summed E-state index contributed by atoms with van der Waals surface area (Å²) in [6, 6.07) is 20.1. The molecule has 4 rings (SSSR count). The van der Waals surface area contributed by atoms with Crippen molar-refractivity contribution < 1.29 is 14.7 Å². The van der Waals surface area contributed by atoms with Crippen molar-refractivity contribution in [3.05, 3.63) is 72.6 Å². The van der Waals surface area contributed by atoms with Gasteiger partial charge in [0, 0.05) is 18.2 Å². The van der Waals surface area contributed by atoms with Gasteiger partial charge in [-0.2, -0.15) is 0 Å². The molecule has 0 radical (unpaired) electrons. The molecule has 0 aliphatic carbocycles. The molecule has 0 fully saturated rings. The van der Waals surface area contributed by atoms with Crippen molar-refractivity contribution in [2.24, 2.45) is 0 Å². The van der Waals surface area contributed by atoms with E-state index in [1.165, 1.54) is 5.56 Å². The lowest BCUT2D eigenvalue weighted by Gasteiger charge is -2.15. The summed E-state index contributed by atoms with van der Waals surface area (Å²) in [5.41, 5.74) is 5.49. The summed E-state index contributed by atoms with van der Waals surface area (Å²) < 4.78 is 5.65. The van der Waals surface area contributed by atoms with Crippen molar-refractivity contribution in [3.63, 3.8) is 0 Å². The number of rotatable bonds is 9. The number of benzene rings is 2. The summed E-state index contributed by atoms with van der Waals surface area (Å²) in [6.45, 7) is 2.50. The van der Waals surface area contributed by atoms with Gasteiger partial charge in [0.25, 0.3) is 0 Å². The van der Waals surface area contributed by atoms with Crippen molar-refractivity contribution in [2.45, 2.75) is 25.8 Å². The fraction of sp³-hybridized carbons (Fsp3) is 0.208. The van der Waals surface area contributed by atoms with E-state index in [9.17, 15) is 4.79 Å². The summed E-state index contributed by atoms with van der Waals surface area (Å²) in [6.07, 6.45) is 2.28. The third kappa shape index (κ3) is 5.04. The molecule has 2 aromatic carbocycles. The minimum absolute atomic E-state index is 0.104. The Morgan fingerprint density at radius 1 is 1.12 bits per heavy atom. The topological polar surface area (TPSA) is 112 Å². The summed E-state index contributed by atoms with van der Waals surface area (Å²) in [5, 5.41) is 12.9. The number of aromatic nitrogens is 3. The van der Waals surface area contributed by atoms with E-state index in [0.717, 1.165) is 28.1 Å². The quantitative estimate of drug-likeness (QED) is 0.177. The van der Waals surface area contributed by atoms with Crippen molar-refractivity contribution >= 4 is 22.8 Å². The molecule has 32 heavy (non-hydrogen) atoms. The number of fused-ring (bicyclic) bond motifs is 1. The maximum Gasteiger partial charge on any atom is 0.243 e. The third-order valence-electron chi connectivity index (χ3n) is 5.19. The molecule has 2 heterocycles. The summed E-state index contributed by atoms with van der Waals surface area (Å²) in [4.78, 5) is 23.2. The molecule has 1 amide bonds. The van der Waals surface area contributed by atoms with Gasteiger partial charge in [-0.05, 0) is 54.8 Å². The zero-order valence-corrected chi connectivity index (χ0v) is 17.7. The molecule has 4 N–H and O–H groups in total. The lowest BCUT2D eigenvalue weighted by molar-refractivity contribution is -0.129. The molecule has 0 bridgehead atoms. The third-order valence-corrected chi connectivity index (χ3v) is 5.19. The maximum absolute atomic E-state index is 11.0. The van der Waals surface area contributed by atoms with Crippen LogP contribution in [0.2, 0.25) is 0 Å². The highest BCUT2D eigenvalue weighted by Crippen LogP contribution is 2.29. The van der Waals surface area contributed by atoms with Crippen molar-refractivity contribution in [2.75, 3.05) is 11.9 Å². The number of nitrogens with one attached hydrogen (secondary N) is 3. The van der Waals surface area contributed by atoms with E-state index in [-0.39, 0.29) is 12.5 Å². The lowest BCUT2D eigenvalue weighted by atomic mass is 10.1. The molecular formula is C24H25N5O3. The monoisotopic (exact) mass is 431 g/mol. The van der Waals surface area contributed by atoms with Gasteiger partial charge in [-0.15, -0.1) is 0 Å². The first kappa shape index (κ1) is 21.3. The van der Waals surface area contributed by atoms with E-state index >= 15 is 0 Å². The van der Waals surface area contributed by atoms with Crippen LogP contribution in [0.4, 0.5) is 5.82 Å². The zero-order valence-electron chi connectivity index (χ0n) is 17.7. The Kier molecular flexibility index (Phi) is 6.62. The van der Waals surface area contributed by atoms with E-state index in [1.807, 2.05) is 48.5 Å². The largest absolute Gasteiger partial charge is 0.494 e. The van der Waals surface area contributed by atoms with Crippen LogP contribution in [0, 0.1) is 0 Å². The Morgan fingerprint density at radius 3 is 2.66 bits per heavy atom. The van der Waals surface area contributed by atoms with Gasteiger partial charge < -0.3 is 15.0 Å². The van der Waals surface area contributed by atoms with Gasteiger partial charge in [0.05, 0.1) is 12.0 Å². The van der Waals surface area contributed by atoms with Crippen LogP contribution in [-0.4, -0.2) is 32.7 Å². The van der Waals surface area contributed by atoms with Gasteiger partial charge in [-0.3, -0.25) is 10.0 Å². The minimum Gasteiger partial charge on any atom is -0.494 e. The van der Waals surface area contributed by atoms with Crippen molar-refractivity contribution in [3.8, 4) is 17.0 Å². The smallest absolute Gasteiger partial charge is 0.243 e. The van der Waals surface area contributed by atoms with Crippen LogP contribution in [0.5, 0.6) is 5.75 Å². The standard InChI is InChI=1S/C24H25N5O3/c1-16(17-6-3-2-4-7-17)27-23-20-14-21(28-24(20)26-15-25-23)18-9-11-19(12-10-18)32-13-5-8-22(30)29-31/h2-4,6-7,9-12,14-16,31H,5,8,13H2,1H3,(H,29,30)(H2,25,26,27,28). The predicted molar refractivity (Wildman–Crippen MR) is 122 cm³/mol.